The Morgan fingerprint density at radius 2 is 2.06 bits per heavy atom. The second-order valence-electron chi connectivity index (χ2n) is 6.21. The number of aliphatic hydroxyl groups excluding tert-OH is 1. The van der Waals surface area contributed by atoms with Crippen LogP contribution in [0.1, 0.15) is 51.2 Å². The van der Waals surface area contributed by atoms with Crippen LogP contribution in [0.4, 0.5) is 0 Å². The molecule has 0 bridgehead atoms. The van der Waals surface area contributed by atoms with Crippen LogP contribution >= 0.6 is 0 Å². The van der Waals surface area contributed by atoms with Crippen molar-refractivity contribution in [1.82, 2.24) is 0 Å². The van der Waals surface area contributed by atoms with Gasteiger partial charge in [-0.15, -0.1) is 0 Å². The summed E-state index contributed by atoms with van der Waals surface area (Å²) in [6.07, 6.45) is 3.86. The van der Waals surface area contributed by atoms with E-state index in [2.05, 4.69) is 13.8 Å². The number of hydrogen-bond acceptors (Lipinski definition) is 2. The number of fused-ring (bicyclic) bond motifs is 1. The Hall–Kier alpha value is -1.02. The molecule has 1 aliphatic heterocycles. The third kappa shape index (κ3) is 1.83. The monoisotopic (exact) mass is 246 g/mol. The van der Waals surface area contributed by atoms with Crippen LogP contribution in [0, 0.1) is 11.8 Å². The molecule has 18 heavy (non-hydrogen) atoms. The van der Waals surface area contributed by atoms with Gasteiger partial charge in [0.1, 0.15) is 11.4 Å². The second-order valence-corrected chi connectivity index (χ2v) is 6.21. The van der Waals surface area contributed by atoms with Crippen molar-refractivity contribution in [2.75, 3.05) is 0 Å². The van der Waals surface area contributed by atoms with Gasteiger partial charge in [-0.25, -0.2) is 0 Å². The van der Waals surface area contributed by atoms with E-state index < -0.39 is 0 Å². The van der Waals surface area contributed by atoms with Crippen LogP contribution in [-0.2, 0) is 0 Å². The van der Waals surface area contributed by atoms with Crippen LogP contribution in [0.3, 0.4) is 0 Å². The molecule has 1 heterocycles. The van der Waals surface area contributed by atoms with Gasteiger partial charge in [0.25, 0.3) is 0 Å². The lowest BCUT2D eigenvalue weighted by atomic mass is 9.68. The molecule has 1 saturated carbocycles. The van der Waals surface area contributed by atoms with Crippen LogP contribution in [0.2, 0.25) is 0 Å². The Labute approximate surface area is 109 Å². The molecule has 1 aliphatic carbocycles. The molecule has 3 rings (SSSR count). The quantitative estimate of drug-likeness (QED) is 0.756. The number of para-hydroxylation sites is 1. The highest BCUT2D eigenvalue weighted by Gasteiger charge is 2.46. The minimum absolute atomic E-state index is 0.139. The SMILES string of the molecule is CC1CCC2(C[C@@H](O)c3ccccc3O2)C(C)C1. The van der Waals surface area contributed by atoms with Crippen molar-refractivity contribution in [1.29, 1.82) is 0 Å². The maximum Gasteiger partial charge on any atom is 0.125 e. The molecule has 2 heteroatoms. The molecule has 98 valence electrons. The molecule has 4 atom stereocenters. The van der Waals surface area contributed by atoms with Gasteiger partial charge in [0.05, 0.1) is 6.10 Å². The third-order valence-electron chi connectivity index (χ3n) is 4.84. The zero-order valence-corrected chi connectivity index (χ0v) is 11.2. The Bertz CT molecular complexity index is 442. The lowest BCUT2D eigenvalue weighted by molar-refractivity contribution is -0.0802. The first kappa shape index (κ1) is 12.0. The van der Waals surface area contributed by atoms with Crippen molar-refractivity contribution in [2.45, 2.75) is 51.2 Å². The molecule has 3 unspecified atom stereocenters. The highest BCUT2D eigenvalue weighted by atomic mass is 16.5. The summed E-state index contributed by atoms with van der Waals surface area (Å²) in [5, 5.41) is 10.4. The topological polar surface area (TPSA) is 29.5 Å². The van der Waals surface area contributed by atoms with Gasteiger partial charge in [-0.1, -0.05) is 32.0 Å². The summed E-state index contributed by atoms with van der Waals surface area (Å²) >= 11 is 0. The normalized spacial score (nSPS) is 39.2. The zero-order valence-electron chi connectivity index (χ0n) is 11.2. The molecule has 0 amide bonds. The minimum atomic E-state index is -0.370. The fraction of sp³-hybridized carbons (Fsp3) is 0.625. The van der Waals surface area contributed by atoms with E-state index in [4.69, 9.17) is 4.74 Å². The average Bonchev–Trinajstić information content (AvgIpc) is 2.35. The van der Waals surface area contributed by atoms with Crippen molar-refractivity contribution < 1.29 is 9.84 Å². The van der Waals surface area contributed by atoms with E-state index in [-0.39, 0.29) is 11.7 Å². The van der Waals surface area contributed by atoms with Crippen LogP contribution in [-0.4, -0.2) is 10.7 Å². The van der Waals surface area contributed by atoms with E-state index in [1.54, 1.807) is 0 Å². The van der Waals surface area contributed by atoms with Crippen molar-refractivity contribution in [3.8, 4) is 5.75 Å². The van der Waals surface area contributed by atoms with Crippen molar-refractivity contribution in [3.05, 3.63) is 29.8 Å². The molecule has 1 spiro atoms. The molecule has 0 aromatic heterocycles. The summed E-state index contributed by atoms with van der Waals surface area (Å²) in [5.74, 6) is 2.19. The minimum Gasteiger partial charge on any atom is -0.487 e. The van der Waals surface area contributed by atoms with Gasteiger partial charge in [0, 0.05) is 12.0 Å². The summed E-state index contributed by atoms with van der Waals surface area (Å²) in [6, 6.07) is 7.92. The molecule has 0 radical (unpaired) electrons. The molecule has 2 aliphatic rings. The van der Waals surface area contributed by atoms with Gasteiger partial charge in [-0.3, -0.25) is 0 Å². The lowest BCUT2D eigenvalue weighted by Gasteiger charge is -2.48. The summed E-state index contributed by atoms with van der Waals surface area (Å²) in [6.45, 7) is 4.59. The molecule has 1 aromatic carbocycles. The Morgan fingerprint density at radius 3 is 2.83 bits per heavy atom. The van der Waals surface area contributed by atoms with Crippen molar-refractivity contribution >= 4 is 0 Å². The number of ether oxygens (including phenoxy) is 1. The number of aliphatic hydroxyl groups is 1. The van der Waals surface area contributed by atoms with Crippen molar-refractivity contribution in [3.63, 3.8) is 0 Å². The number of benzene rings is 1. The maximum atomic E-state index is 10.4. The van der Waals surface area contributed by atoms with Crippen molar-refractivity contribution in [2.24, 2.45) is 11.8 Å². The predicted molar refractivity (Wildman–Crippen MR) is 71.6 cm³/mol. The smallest absolute Gasteiger partial charge is 0.125 e. The first-order chi connectivity index (χ1) is 8.61. The van der Waals surface area contributed by atoms with Gasteiger partial charge in [0.2, 0.25) is 0 Å². The fourth-order valence-electron chi connectivity index (χ4n) is 3.67. The predicted octanol–water partition coefficient (Wildman–Crippen LogP) is 3.70. The standard InChI is InChI=1S/C16H22O2/c1-11-7-8-16(12(2)9-11)10-14(17)13-5-3-4-6-15(13)18-16/h3-6,11-12,14,17H,7-10H2,1-2H3/t11?,12?,14-,16?/m1/s1. The van der Waals surface area contributed by atoms with E-state index in [9.17, 15) is 5.11 Å². The summed E-state index contributed by atoms with van der Waals surface area (Å²) < 4.78 is 6.33. The van der Waals surface area contributed by atoms with Crippen LogP contribution < -0.4 is 4.74 Å². The summed E-state index contributed by atoms with van der Waals surface area (Å²) in [7, 11) is 0. The maximum absolute atomic E-state index is 10.4. The fourth-order valence-corrected chi connectivity index (χ4v) is 3.67. The van der Waals surface area contributed by atoms with Crippen LogP contribution in [0.5, 0.6) is 5.75 Å². The first-order valence-corrected chi connectivity index (χ1v) is 7.07. The highest BCUT2D eigenvalue weighted by molar-refractivity contribution is 5.38. The highest BCUT2D eigenvalue weighted by Crippen LogP contribution is 2.49. The average molecular weight is 246 g/mol. The van der Waals surface area contributed by atoms with Gasteiger partial charge in [0.15, 0.2) is 0 Å². The summed E-state index contributed by atoms with van der Waals surface area (Å²) in [4.78, 5) is 0. The van der Waals surface area contributed by atoms with E-state index in [0.29, 0.717) is 5.92 Å². The Kier molecular flexibility index (Phi) is 2.86. The lowest BCUT2D eigenvalue weighted by Crippen LogP contribution is -2.49. The summed E-state index contributed by atoms with van der Waals surface area (Å²) in [5.41, 5.74) is 0.814. The molecule has 1 fully saturated rings. The molecule has 1 N–H and O–H groups in total. The Balaban J connectivity index is 1.93. The number of rotatable bonds is 0. The van der Waals surface area contributed by atoms with E-state index >= 15 is 0 Å². The van der Waals surface area contributed by atoms with Crippen LogP contribution in [0.25, 0.3) is 0 Å². The van der Waals surface area contributed by atoms with Crippen LogP contribution in [0.15, 0.2) is 24.3 Å². The van der Waals surface area contributed by atoms with Gasteiger partial charge >= 0.3 is 0 Å². The number of hydrogen-bond donors (Lipinski definition) is 1. The van der Waals surface area contributed by atoms with Gasteiger partial charge in [-0.05, 0) is 37.2 Å². The second kappa shape index (κ2) is 4.27. The molecular weight excluding hydrogens is 224 g/mol. The molecular formula is C16H22O2. The van der Waals surface area contributed by atoms with E-state index in [1.165, 1.54) is 12.8 Å². The van der Waals surface area contributed by atoms with E-state index in [1.807, 2.05) is 24.3 Å². The molecule has 1 aromatic rings. The first-order valence-electron chi connectivity index (χ1n) is 7.07. The molecule has 2 nitrogen and oxygen atoms in total. The van der Waals surface area contributed by atoms with Gasteiger partial charge < -0.3 is 9.84 Å². The molecule has 0 saturated heterocycles. The Morgan fingerprint density at radius 1 is 1.28 bits per heavy atom. The zero-order chi connectivity index (χ0) is 12.8. The largest absolute Gasteiger partial charge is 0.487 e. The van der Waals surface area contributed by atoms with E-state index in [0.717, 1.165) is 30.1 Å². The van der Waals surface area contributed by atoms with Gasteiger partial charge in [-0.2, -0.15) is 0 Å². The third-order valence-corrected chi connectivity index (χ3v) is 4.84.